The van der Waals surface area contributed by atoms with Gasteiger partial charge >= 0.3 is 0 Å². The van der Waals surface area contributed by atoms with Gasteiger partial charge in [-0.3, -0.25) is 4.79 Å². The van der Waals surface area contributed by atoms with Crippen molar-refractivity contribution in [3.05, 3.63) is 94.4 Å². The molecular weight excluding hydrogens is 398 g/mol. The molecule has 1 amide bonds. The number of furan rings is 1. The van der Waals surface area contributed by atoms with E-state index in [1.165, 1.54) is 12.1 Å². The summed E-state index contributed by atoms with van der Waals surface area (Å²) >= 11 is 5.82. The summed E-state index contributed by atoms with van der Waals surface area (Å²) in [7, 11) is -3.45. The van der Waals surface area contributed by atoms with Gasteiger partial charge in [-0.15, -0.1) is 0 Å². The molecular formula is C21H20ClNO4S. The highest BCUT2D eigenvalue weighted by atomic mass is 35.5. The molecule has 3 rings (SSSR count). The lowest BCUT2D eigenvalue weighted by Gasteiger charge is -2.13. The minimum Gasteiger partial charge on any atom is -0.455 e. The Morgan fingerprint density at radius 2 is 1.68 bits per heavy atom. The Morgan fingerprint density at radius 1 is 1.00 bits per heavy atom. The number of benzene rings is 2. The highest BCUT2D eigenvalue weighted by molar-refractivity contribution is 7.89. The van der Waals surface area contributed by atoms with Gasteiger partial charge in [0, 0.05) is 5.02 Å². The van der Waals surface area contributed by atoms with Crippen molar-refractivity contribution in [3.8, 4) is 0 Å². The van der Waals surface area contributed by atoms with Gasteiger partial charge < -0.3 is 9.73 Å². The first-order valence-corrected chi connectivity index (χ1v) is 10.9. The standard InChI is InChI=1S/C21H20ClNO4S/c1-15(17-5-3-2-4-6-17)23-21(24)20-12-11-19(27-20)14-28(25,26)13-16-7-9-18(22)10-8-16/h2-12,15H,13-14H2,1H3,(H,23,24)/t15-/m1/s1. The Morgan fingerprint density at radius 3 is 2.36 bits per heavy atom. The van der Waals surface area contributed by atoms with Crippen LogP contribution < -0.4 is 5.32 Å². The Hall–Kier alpha value is -2.57. The van der Waals surface area contributed by atoms with E-state index in [0.29, 0.717) is 10.6 Å². The quantitative estimate of drug-likeness (QED) is 0.612. The monoisotopic (exact) mass is 417 g/mol. The molecule has 28 heavy (non-hydrogen) atoms. The summed E-state index contributed by atoms with van der Waals surface area (Å²) in [6, 6.07) is 19.0. The lowest BCUT2D eigenvalue weighted by atomic mass is 10.1. The molecule has 1 atom stereocenters. The zero-order valence-electron chi connectivity index (χ0n) is 15.3. The molecule has 3 aromatic rings. The highest BCUT2D eigenvalue weighted by Gasteiger charge is 2.19. The molecule has 0 saturated carbocycles. The Labute approximate surface area is 169 Å². The molecule has 1 N–H and O–H groups in total. The second-order valence-electron chi connectivity index (χ2n) is 6.53. The smallest absolute Gasteiger partial charge is 0.287 e. The average Bonchev–Trinajstić information content (AvgIpc) is 3.12. The average molecular weight is 418 g/mol. The van der Waals surface area contributed by atoms with Crippen molar-refractivity contribution in [3.63, 3.8) is 0 Å². The van der Waals surface area contributed by atoms with E-state index in [0.717, 1.165) is 5.56 Å². The van der Waals surface area contributed by atoms with Gasteiger partial charge in [-0.1, -0.05) is 54.1 Å². The molecule has 0 unspecified atom stereocenters. The number of amides is 1. The van der Waals surface area contributed by atoms with Crippen molar-refractivity contribution in [1.29, 1.82) is 0 Å². The number of rotatable bonds is 7. The van der Waals surface area contributed by atoms with Gasteiger partial charge in [0.2, 0.25) is 0 Å². The molecule has 0 radical (unpaired) electrons. The van der Waals surface area contributed by atoms with Gasteiger partial charge in [0.1, 0.15) is 11.5 Å². The Kier molecular flexibility index (Phi) is 6.21. The third-order valence-electron chi connectivity index (χ3n) is 4.19. The highest BCUT2D eigenvalue weighted by Crippen LogP contribution is 2.18. The van der Waals surface area contributed by atoms with Crippen LogP contribution in [-0.2, 0) is 21.3 Å². The molecule has 5 nitrogen and oxygen atoms in total. The first-order chi connectivity index (χ1) is 13.3. The largest absolute Gasteiger partial charge is 0.455 e. The summed E-state index contributed by atoms with van der Waals surface area (Å²) in [6.07, 6.45) is 0. The lowest BCUT2D eigenvalue weighted by molar-refractivity contribution is 0.0910. The number of sulfone groups is 1. The second kappa shape index (κ2) is 8.63. The number of carbonyl (C=O) groups is 1. The fourth-order valence-corrected chi connectivity index (χ4v) is 4.29. The molecule has 0 saturated heterocycles. The molecule has 0 spiro atoms. The van der Waals surface area contributed by atoms with Crippen LogP contribution in [-0.4, -0.2) is 14.3 Å². The lowest BCUT2D eigenvalue weighted by Crippen LogP contribution is -2.26. The predicted octanol–water partition coefficient (Wildman–Crippen LogP) is 4.54. The molecule has 0 aliphatic carbocycles. The van der Waals surface area contributed by atoms with Crippen molar-refractivity contribution < 1.29 is 17.6 Å². The van der Waals surface area contributed by atoms with Crippen LogP contribution in [0.5, 0.6) is 0 Å². The maximum absolute atomic E-state index is 12.4. The molecule has 0 bridgehead atoms. The van der Waals surface area contributed by atoms with Crippen LogP contribution in [0.15, 0.2) is 71.1 Å². The minimum atomic E-state index is -3.45. The number of nitrogens with one attached hydrogen (secondary N) is 1. The topological polar surface area (TPSA) is 76.4 Å². The van der Waals surface area contributed by atoms with Crippen LogP contribution in [0.4, 0.5) is 0 Å². The van der Waals surface area contributed by atoms with Gasteiger partial charge in [0.25, 0.3) is 5.91 Å². The molecule has 146 valence electrons. The van der Waals surface area contributed by atoms with Crippen LogP contribution in [0.1, 0.15) is 40.4 Å². The molecule has 0 aliphatic rings. The van der Waals surface area contributed by atoms with Crippen molar-refractivity contribution in [2.24, 2.45) is 0 Å². The first kappa shape index (κ1) is 20.2. The summed E-state index contributed by atoms with van der Waals surface area (Å²) in [5, 5.41) is 3.39. The van der Waals surface area contributed by atoms with Crippen LogP contribution >= 0.6 is 11.6 Å². The molecule has 1 heterocycles. The Balaban J connectivity index is 1.63. The van der Waals surface area contributed by atoms with Gasteiger partial charge in [-0.2, -0.15) is 0 Å². The van der Waals surface area contributed by atoms with Crippen LogP contribution in [0.3, 0.4) is 0 Å². The molecule has 1 aromatic heterocycles. The summed E-state index contributed by atoms with van der Waals surface area (Å²) in [6.45, 7) is 1.87. The van der Waals surface area contributed by atoms with Crippen molar-refractivity contribution in [1.82, 2.24) is 5.32 Å². The number of hydrogen-bond acceptors (Lipinski definition) is 4. The minimum absolute atomic E-state index is 0.0828. The normalized spacial score (nSPS) is 12.5. The summed E-state index contributed by atoms with van der Waals surface area (Å²) < 4.78 is 30.3. The van der Waals surface area contributed by atoms with E-state index >= 15 is 0 Å². The fourth-order valence-electron chi connectivity index (χ4n) is 2.77. The van der Waals surface area contributed by atoms with Crippen LogP contribution in [0.2, 0.25) is 5.02 Å². The third kappa shape index (κ3) is 5.47. The van der Waals surface area contributed by atoms with Gasteiger partial charge in [-0.05, 0) is 42.3 Å². The van der Waals surface area contributed by atoms with E-state index in [4.69, 9.17) is 16.0 Å². The zero-order valence-corrected chi connectivity index (χ0v) is 16.8. The van der Waals surface area contributed by atoms with E-state index in [1.807, 2.05) is 37.3 Å². The zero-order chi connectivity index (χ0) is 20.1. The molecule has 0 fully saturated rings. The van der Waals surface area contributed by atoms with E-state index in [9.17, 15) is 13.2 Å². The third-order valence-corrected chi connectivity index (χ3v) is 5.94. The summed E-state index contributed by atoms with van der Waals surface area (Å²) in [5.41, 5.74) is 1.61. The van der Waals surface area contributed by atoms with Gasteiger partial charge in [0.05, 0.1) is 11.8 Å². The van der Waals surface area contributed by atoms with Crippen molar-refractivity contribution >= 4 is 27.3 Å². The maximum Gasteiger partial charge on any atom is 0.287 e. The number of carbonyl (C=O) groups excluding carboxylic acids is 1. The summed E-state index contributed by atoms with van der Waals surface area (Å²) in [5.74, 6) is -0.488. The molecule has 0 aliphatic heterocycles. The van der Waals surface area contributed by atoms with Crippen molar-refractivity contribution in [2.45, 2.75) is 24.5 Å². The van der Waals surface area contributed by atoms with E-state index in [1.54, 1.807) is 24.3 Å². The van der Waals surface area contributed by atoms with Gasteiger partial charge in [0.15, 0.2) is 15.6 Å². The van der Waals surface area contributed by atoms with Crippen LogP contribution in [0, 0.1) is 0 Å². The molecule has 7 heteroatoms. The van der Waals surface area contributed by atoms with Crippen LogP contribution in [0.25, 0.3) is 0 Å². The van der Waals surface area contributed by atoms with Gasteiger partial charge in [-0.25, -0.2) is 8.42 Å². The SMILES string of the molecule is C[C@@H](NC(=O)c1ccc(CS(=O)(=O)Cc2ccc(Cl)cc2)o1)c1ccccc1. The Bertz CT molecular complexity index is 1040. The second-order valence-corrected chi connectivity index (χ2v) is 9.03. The fraction of sp³-hybridized carbons (Fsp3) is 0.190. The van der Waals surface area contributed by atoms with E-state index < -0.39 is 15.7 Å². The van der Waals surface area contributed by atoms with E-state index in [2.05, 4.69) is 5.32 Å². The maximum atomic E-state index is 12.4. The first-order valence-electron chi connectivity index (χ1n) is 8.72. The van der Waals surface area contributed by atoms with Crippen molar-refractivity contribution in [2.75, 3.05) is 0 Å². The number of hydrogen-bond donors (Lipinski definition) is 1. The predicted molar refractivity (Wildman–Crippen MR) is 109 cm³/mol. The van der Waals surface area contributed by atoms with E-state index in [-0.39, 0.29) is 29.1 Å². The molecule has 2 aromatic carbocycles. The number of halogens is 1. The summed E-state index contributed by atoms with van der Waals surface area (Å²) in [4.78, 5) is 12.4.